The van der Waals surface area contributed by atoms with Crippen LogP contribution in [-0.2, 0) is 28.7 Å². The summed E-state index contributed by atoms with van der Waals surface area (Å²) in [7, 11) is 0. The van der Waals surface area contributed by atoms with Crippen LogP contribution in [0.3, 0.4) is 0 Å². The maximum atomic E-state index is 14.9. The summed E-state index contributed by atoms with van der Waals surface area (Å²) < 4.78 is 12.5. The van der Waals surface area contributed by atoms with Crippen molar-refractivity contribution in [3.63, 3.8) is 0 Å². The van der Waals surface area contributed by atoms with E-state index in [0.717, 1.165) is 138 Å². The fourth-order valence-corrected chi connectivity index (χ4v) is 15.4. The molecule has 9 aliphatic rings. The molecule has 0 radical (unpaired) electrons. The van der Waals surface area contributed by atoms with E-state index in [0.29, 0.717) is 102 Å². The van der Waals surface area contributed by atoms with Crippen molar-refractivity contribution in [1.82, 2.24) is 55.4 Å². The summed E-state index contributed by atoms with van der Waals surface area (Å²) in [6, 6.07) is 16.4. The molecule has 4 N–H and O–H groups in total. The predicted molar refractivity (Wildman–Crippen MR) is 336 cm³/mol. The summed E-state index contributed by atoms with van der Waals surface area (Å²) in [4.78, 5) is 110. The van der Waals surface area contributed by atoms with Crippen molar-refractivity contribution in [2.45, 2.75) is 158 Å². The standard InChI is InChI=1S/C67H91ClN12O8/c1-64(2,3)88-63(86)74-67(26-31-77(32-27-67)57-53-20-28-69-56(53)70-45-71-57)61(84)72-54(46-16-18-52(68)19-17-46)21-30-75-33-39-79(40-34-75)62(85)65-22-24-66(25-23-65,87-44-65)43-76-35-37-78(38-36-76)60(83)55(47-9-5-4-6-10-47)73-58(81)50-12-7-11-49(41-50)51-13-8-29-80(42-51)59(82)48-14-15-48/h7,11-12,16-20,28,41,45,47-48,51,54-55H,4-6,8-10,13-15,21-27,29-40,42-44H2,1-3H3,(H,72,84)(H,73,81)(H,74,86)(H,69,70,71)/t51?,54-,55+,65?,66?/m0/s1. The van der Waals surface area contributed by atoms with Crippen molar-refractivity contribution in [2.24, 2.45) is 17.3 Å². The van der Waals surface area contributed by atoms with Gasteiger partial charge in [-0.05, 0) is 152 Å². The zero-order valence-corrected chi connectivity index (χ0v) is 52.6. The highest BCUT2D eigenvalue weighted by atomic mass is 35.5. The molecule has 474 valence electrons. The van der Waals surface area contributed by atoms with Gasteiger partial charge in [-0.2, -0.15) is 0 Å². The lowest BCUT2D eigenvalue weighted by Crippen LogP contribution is -2.64. The monoisotopic (exact) mass is 1230 g/mol. The van der Waals surface area contributed by atoms with Gasteiger partial charge in [0.2, 0.25) is 23.6 Å². The molecule has 88 heavy (non-hydrogen) atoms. The molecule has 4 aromatic rings. The van der Waals surface area contributed by atoms with E-state index in [1.54, 1.807) is 20.8 Å². The molecule has 3 saturated carbocycles. The van der Waals surface area contributed by atoms with Gasteiger partial charge in [-0.1, -0.05) is 55.1 Å². The van der Waals surface area contributed by atoms with Crippen molar-refractivity contribution in [1.29, 1.82) is 0 Å². The molecule has 2 bridgehead atoms. The van der Waals surface area contributed by atoms with Crippen LogP contribution in [-0.4, -0.2) is 196 Å². The Morgan fingerprint density at radius 1 is 0.750 bits per heavy atom. The molecule has 2 aromatic heterocycles. The predicted octanol–water partition coefficient (Wildman–Crippen LogP) is 7.84. The summed E-state index contributed by atoms with van der Waals surface area (Å²) in [5.74, 6) is 1.25. The van der Waals surface area contributed by atoms with E-state index in [2.05, 4.69) is 51.7 Å². The third-order valence-corrected chi connectivity index (χ3v) is 21.0. The number of halogens is 1. The number of hydrogen-bond acceptors (Lipinski definition) is 13. The van der Waals surface area contributed by atoms with E-state index < -0.39 is 34.7 Å². The van der Waals surface area contributed by atoms with Crippen molar-refractivity contribution in [3.05, 3.63) is 88.8 Å². The number of aromatic amines is 1. The van der Waals surface area contributed by atoms with Crippen LogP contribution in [0, 0.1) is 17.3 Å². The lowest BCUT2D eigenvalue weighted by atomic mass is 9.65. The Labute approximate surface area is 522 Å². The summed E-state index contributed by atoms with van der Waals surface area (Å²) in [6.45, 7) is 14.9. The molecule has 6 amide bonds. The second-order valence-electron chi connectivity index (χ2n) is 27.9. The highest BCUT2D eigenvalue weighted by Crippen LogP contribution is 2.50. The van der Waals surface area contributed by atoms with E-state index in [4.69, 9.17) is 21.1 Å². The molecule has 6 saturated heterocycles. The molecule has 13 rings (SSSR count). The highest BCUT2D eigenvalue weighted by Gasteiger charge is 2.55. The quantitative estimate of drug-likeness (QED) is 0.0794. The van der Waals surface area contributed by atoms with Crippen molar-refractivity contribution in [2.75, 3.05) is 103 Å². The van der Waals surface area contributed by atoms with E-state index >= 15 is 0 Å². The van der Waals surface area contributed by atoms with Gasteiger partial charge in [0, 0.05) is 120 Å². The number of H-pyrrole nitrogens is 1. The van der Waals surface area contributed by atoms with Crippen molar-refractivity contribution >= 4 is 64.1 Å². The molecule has 1 unspecified atom stereocenters. The maximum absolute atomic E-state index is 14.9. The molecule has 20 nitrogen and oxygen atoms in total. The van der Waals surface area contributed by atoms with Gasteiger partial charge in [0.15, 0.2) is 0 Å². The average Bonchev–Trinajstić information content (AvgIpc) is 1.10. The van der Waals surface area contributed by atoms with Crippen LogP contribution in [0.25, 0.3) is 11.0 Å². The number of piperazine rings is 2. The van der Waals surface area contributed by atoms with Gasteiger partial charge in [0.05, 0.1) is 29.1 Å². The first kappa shape index (κ1) is 61.9. The molecule has 2 aromatic carbocycles. The largest absolute Gasteiger partial charge is 0.444 e. The number of rotatable bonds is 17. The van der Waals surface area contributed by atoms with Gasteiger partial charge in [0.25, 0.3) is 5.91 Å². The molecular formula is C67H91ClN12O8. The number of fused-ring (bicyclic) bond motifs is 4. The van der Waals surface area contributed by atoms with Gasteiger partial charge >= 0.3 is 6.09 Å². The third-order valence-electron chi connectivity index (χ3n) is 20.8. The van der Waals surface area contributed by atoms with Gasteiger partial charge in [0.1, 0.15) is 35.0 Å². The van der Waals surface area contributed by atoms with Crippen LogP contribution in [0.1, 0.15) is 157 Å². The highest BCUT2D eigenvalue weighted by molar-refractivity contribution is 6.30. The van der Waals surface area contributed by atoms with Gasteiger partial charge < -0.3 is 50.0 Å². The number of carbonyl (C=O) groups is 6. The summed E-state index contributed by atoms with van der Waals surface area (Å²) in [6.07, 6.45) is 16.2. The first-order valence-corrected chi connectivity index (χ1v) is 33.3. The van der Waals surface area contributed by atoms with E-state index in [-0.39, 0.29) is 52.9 Å². The average molecular weight is 1230 g/mol. The van der Waals surface area contributed by atoms with Crippen LogP contribution >= 0.6 is 11.6 Å². The Hall–Kier alpha value is -6.35. The van der Waals surface area contributed by atoms with Crippen LogP contribution in [0.4, 0.5) is 10.6 Å². The van der Waals surface area contributed by atoms with Gasteiger partial charge in [-0.25, -0.2) is 14.8 Å². The van der Waals surface area contributed by atoms with Gasteiger partial charge in [-0.3, -0.25) is 33.8 Å². The van der Waals surface area contributed by atoms with E-state index in [1.807, 2.05) is 69.4 Å². The molecule has 3 aliphatic carbocycles. The Kier molecular flexibility index (Phi) is 18.4. The number of likely N-dealkylation sites (tertiary alicyclic amines) is 1. The third kappa shape index (κ3) is 14.0. The minimum absolute atomic E-state index is 0.0171. The Bertz CT molecular complexity index is 3130. The number of benzene rings is 2. The Balaban J connectivity index is 0.616. The van der Waals surface area contributed by atoms with E-state index in [1.165, 1.54) is 6.33 Å². The topological polar surface area (TPSA) is 218 Å². The van der Waals surface area contributed by atoms with Crippen LogP contribution in [0.5, 0.6) is 0 Å². The zero-order valence-electron chi connectivity index (χ0n) is 51.9. The summed E-state index contributed by atoms with van der Waals surface area (Å²) in [5.41, 5.74) is 0.405. The van der Waals surface area contributed by atoms with Crippen molar-refractivity contribution in [3.8, 4) is 0 Å². The number of aromatic nitrogens is 3. The number of ether oxygens (including phenoxy) is 2. The maximum Gasteiger partial charge on any atom is 0.408 e. The number of amides is 6. The zero-order chi connectivity index (χ0) is 61.2. The minimum Gasteiger partial charge on any atom is -0.444 e. The molecule has 21 heteroatoms. The lowest BCUT2D eigenvalue weighted by Gasteiger charge is -2.55. The summed E-state index contributed by atoms with van der Waals surface area (Å²) >= 11 is 6.38. The number of alkyl carbamates (subject to hydrolysis) is 1. The number of nitrogens with zero attached hydrogens (tertiary/aromatic N) is 8. The minimum atomic E-state index is -1.26. The fourth-order valence-electron chi connectivity index (χ4n) is 15.3. The smallest absolute Gasteiger partial charge is 0.408 e. The number of nitrogens with one attached hydrogen (secondary N) is 4. The van der Waals surface area contributed by atoms with Crippen LogP contribution in [0.2, 0.25) is 5.02 Å². The SMILES string of the molecule is CC(C)(C)OC(=O)NC1(C(=O)N[C@@H](CCN2CCN(C(=O)C34CCC(CN5CCN(C(=O)[C@H](NC(=O)c6cccc(C7CCCN(C(=O)C8CC8)C7)c6)C6CCCCC6)CC5)(CC3)OC4)CC2)c2ccc(Cl)cc2)CCN(c2ncnc3[nH]ccc23)CC1. The number of hydrogen-bond donors (Lipinski definition) is 4. The number of carbonyl (C=O) groups excluding carboxylic acids is 6. The van der Waals surface area contributed by atoms with Crippen LogP contribution < -0.4 is 20.9 Å². The normalized spacial score (nSPS) is 25.4. The van der Waals surface area contributed by atoms with Crippen LogP contribution in [0.15, 0.2) is 67.1 Å². The second-order valence-corrected chi connectivity index (χ2v) is 28.3. The number of piperidine rings is 2. The molecule has 6 aliphatic heterocycles. The molecule has 8 heterocycles. The first-order valence-electron chi connectivity index (χ1n) is 32.9. The van der Waals surface area contributed by atoms with Crippen molar-refractivity contribution < 1.29 is 38.2 Å². The lowest BCUT2D eigenvalue weighted by molar-refractivity contribution is -0.203. The first-order chi connectivity index (χ1) is 42.4. The molecule has 0 spiro atoms. The van der Waals surface area contributed by atoms with Gasteiger partial charge in [-0.15, -0.1) is 0 Å². The second kappa shape index (κ2) is 26.2. The Morgan fingerprint density at radius 2 is 1.47 bits per heavy atom. The van der Waals surface area contributed by atoms with E-state index in [9.17, 15) is 28.8 Å². The number of anilines is 1. The fraction of sp³-hybridized carbons (Fsp3) is 0.642. The summed E-state index contributed by atoms with van der Waals surface area (Å²) in [5, 5.41) is 11.1. The molecule has 3 atom stereocenters. The molecular weight excluding hydrogens is 1140 g/mol. The molecule has 9 fully saturated rings. The Morgan fingerprint density at radius 3 is 2.16 bits per heavy atom.